The molecular formula is C19H21NO6S. The Kier molecular flexibility index (Phi) is 6.57. The van der Waals surface area contributed by atoms with E-state index in [1.54, 1.807) is 31.2 Å². The number of para-hydroxylation sites is 1. The average molecular weight is 391 g/mol. The topological polar surface area (TPSA) is 90.0 Å². The van der Waals surface area contributed by atoms with Gasteiger partial charge in [-0.05, 0) is 38.1 Å². The van der Waals surface area contributed by atoms with E-state index in [-0.39, 0.29) is 22.8 Å². The summed E-state index contributed by atoms with van der Waals surface area (Å²) in [5.41, 5.74) is 0.973. The van der Waals surface area contributed by atoms with Gasteiger partial charge in [-0.2, -0.15) is 0 Å². The minimum atomic E-state index is -4.12. The standard InChI is InChI=1S/C19H21NO6S/c1-4-26-19(22)16-7-5-6-8-17(16)20(13-18(21)25-3)27(23,24)15-11-9-14(2)10-12-15/h5-12H,4,13H2,1-3H3. The summed E-state index contributed by atoms with van der Waals surface area (Å²) in [6.45, 7) is 3.03. The van der Waals surface area contributed by atoms with E-state index in [0.717, 1.165) is 17.0 Å². The summed E-state index contributed by atoms with van der Waals surface area (Å²) >= 11 is 0. The lowest BCUT2D eigenvalue weighted by molar-refractivity contribution is -0.138. The predicted molar refractivity (Wildman–Crippen MR) is 100 cm³/mol. The van der Waals surface area contributed by atoms with E-state index in [0.29, 0.717) is 0 Å². The zero-order chi connectivity index (χ0) is 20.0. The molecule has 27 heavy (non-hydrogen) atoms. The van der Waals surface area contributed by atoms with Gasteiger partial charge < -0.3 is 9.47 Å². The normalized spacial score (nSPS) is 10.9. The van der Waals surface area contributed by atoms with Gasteiger partial charge in [0.05, 0.1) is 29.9 Å². The van der Waals surface area contributed by atoms with Crippen LogP contribution in [0.3, 0.4) is 0 Å². The number of ether oxygens (including phenoxy) is 2. The maximum atomic E-state index is 13.2. The number of hydrogen-bond donors (Lipinski definition) is 0. The van der Waals surface area contributed by atoms with Gasteiger partial charge in [-0.15, -0.1) is 0 Å². The molecule has 0 heterocycles. The smallest absolute Gasteiger partial charge is 0.340 e. The van der Waals surface area contributed by atoms with Crippen LogP contribution in [0.1, 0.15) is 22.8 Å². The Morgan fingerprint density at radius 2 is 1.67 bits per heavy atom. The van der Waals surface area contributed by atoms with Crippen molar-refractivity contribution in [2.24, 2.45) is 0 Å². The molecule has 2 aromatic rings. The Morgan fingerprint density at radius 1 is 1.04 bits per heavy atom. The third-order valence-corrected chi connectivity index (χ3v) is 5.55. The van der Waals surface area contributed by atoms with Crippen molar-refractivity contribution in [2.75, 3.05) is 24.6 Å². The number of benzene rings is 2. The van der Waals surface area contributed by atoms with E-state index in [4.69, 9.17) is 4.74 Å². The highest BCUT2D eigenvalue weighted by Gasteiger charge is 2.30. The number of methoxy groups -OCH3 is 1. The van der Waals surface area contributed by atoms with Gasteiger partial charge in [0.2, 0.25) is 0 Å². The molecule has 0 saturated carbocycles. The number of carbonyl (C=O) groups excluding carboxylic acids is 2. The van der Waals surface area contributed by atoms with E-state index >= 15 is 0 Å². The summed E-state index contributed by atoms with van der Waals surface area (Å²) in [7, 11) is -2.96. The van der Waals surface area contributed by atoms with Crippen molar-refractivity contribution >= 4 is 27.6 Å². The van der Waals surface area contributed by atoms with E-state index in [9.17, 15) is 18.0 Å². The second-order valence-corrected chi connectivity index (χ2v) is 7.50. The molecule has 0 aliphatic heterocycles. The van der Waals surface area contributed by atoms with Crippen LogP contribution in [0.5, 0.6) is 0 Å². The second-order valence-electron chi connectivity index (χ2n) is 5.64. The molecule has 0 bridgehead atoms. The maximum Gasteiger partial charge on any atom is 0.340 e. The van der Waals surface area contributed by atoms with Gasteiger partial charge in [-0.1, -0.05) is 29.8 Å². The minimum Gasteiger partial charge on any atom is -0.468 e. The monoisotopic (exact) mass is 391 g/mol. The number of anilines is 1. The zero-order valence-corrected chi connectivity index (χ0v) is 16.2. The number of hydrogen-bond acceptors (Lipinski definition) is 6. The first-order chi connectivity index (χ1) is 12.8. The minimum absolute atomic E-state index is 0.00401. The fourth-order valence-corrected chi connectivity index (χ4v) is 3.82. The first kappa shape index (κ1) is 20.4. The quantitative estimate of drug-likeness (QED) is 0.674. The molecule has 8 heteroatoms. The molecule has 7 nitrogen and oxygen atoms in total. The van der Waals surface area contributed by atoms with Gasteiger partial charge >= 0.3 is 11.9 Å². The number of esters is 2. The lowest BCUT2D eigenvalue weighted by atomic mass is 10.2. The van der Waals surface area contributed by atoms with Crippen LogP contribution in [0.4, 0.5) is 5.69 Å². The fourth-order valence-electron chi connectivity index (χ4n) is 2.39. The summed E-state index contributed by atoms with van der Waals surface area (Å²) in [5, 5.41) is 0. The Morgan fingerprint density at radius 3 is 2.26 bits per heavy atom. The van der Waals surface area contributed by atoms with Crippen LogP contribution in [0.15, 0.2) is 53.4 Å². The molecule has 2 rings (SSSR count). The molecule has 144 valence electrons. The highest BCUT2D eigenvalue weighted by atomic mass is 32.2. The van der Waals surface area contributed by atoms with Crippen LogP contribution in [-0.2, 0) is 24.3 Å². The summed E-state index contributed by atoms with van der Waals surface area (Å²) in [6, 6.07) is 12.3. The first-order valence-corrected chi connectivity index (χ1v) is 9.67. The van der Waals surface area contributed by atoms with E-state index < -0.39 is 28.5 Å². The van der Waals surface area contributed by atoms with Crippen LogP contribution in [0.2, 0.25) is 0 Å². The molecule has 0 radical (unpaired) electrons. The third kappa shape index (κ3) is 4.65. The molecule has 0 aliphatic carbocycles. The van der Waals surface area contributed by atoms with Crippen LogP contribution in [0, 0.1) is 6.92 Å². The van der Waals surface area contributed by atoms with Gasteiger partial charge in [0.15, 0.2) is 0 Å². The van der Waals surface area contributed by atoms with Crippen molar-refractivity contribution in [3.8, 4) is 0 Å². The molecule has 0 spiro atoms. The summed E-state index contributed by atoms with van der Waals surface area (Å²) in [6.07, 6.45) is 0. The van der Waals surface area contributed by atoms with E-state index in [1.165, 1.54) is 24.3 Å². The lowest BCUT2D eigenvalue weighted by Crippen LogP contribution is -2.37. The highest BCUT2D eigenvalue weighted by molar-refractivity contribution is 7.92. The molecule has 0 N–H and O–H groups in total. The highest BCUT2D eigenvalue weighted by Crippen LogP contribution is 2.28. The average Bonchev–Trinajstić information content (AvgIpc) is 2.66. The molecule has 0 saturated heterocycles. The number of rotatable bonds is 7. The molecule has 0 aromatic heterocycles. The van der Waals surface area contributed by atoms with Gasteiger partial charge in [0.25, 0.3) is 10.0 Å². The first-order valence-electron chi connectivity index (χ1n) is 8.23. The molecule has 0 aliphatic rings. The van der Waals surface area contributed by atoms with E-state index in [1.807, 2.05) is 6.92 Å². The third-order valence-electron chi connectivity index (χ3n) is 3.78. The van der Waals surface area contributed by atoms with Crippen molar-refractivity contribution in [1.82, 2.24) is 0 Å². The second kappa shape index (κ2) is 8.68. The van der Waals surface area contributed by atoms with Crippen LogP contribution in [0.25, 0.3) is 0 Å². The number of carbonyl (C=O) groups is 2. The van der Waals surface area contributed by atoms with Crippen LogP contribution < -0.4 is 4.31 Å². The van der Waals surface area contributed by atoms with Crippen molar-refractivity contribution < 1.29 is 27.5 Å². The summed E-state index contributed by atoms with van der Waals surface area (Å²) < 4.78 is 36.9. The fraction of sp³-hybridized carbons (Fsp3) is 0.263. The van der Waals surface area contributed by atoms with Crippen molar-refractivity contribution in [2.45, 2.75) is 18.7 Å². The van der Waals surface area contributed by atoms with Crippen molar-refractivity contribution in [3.05, 3.63) is 59.7 Å². The number of nitrogens with zero attached hydrogens (tertiary/aromatic N) is 1. The largest absolute Gasteiger partial charge is 0.468 e. The van der Waals surface area contributed by atoms with E-state index in [2.05, 4.69) is 4.74 Å². The van der Waals surface area contributed by atoms with Crippen molar-refractivity contribution in [1.29, 1.82) is 0 Å². The molecule has 0 fully saturated rings. The summed E-state index contributed by atoms with van der Waals surface area (Å²) in [4.78, 5) is 24.2. The van der Waals surface area contributed by atoms with Crippen molar-refractivity contribution in [3.63, 3.8) is 0 Å². The Bertz CT molecular complexity index is 921. The molecule has 0 amide bonds. The molecule has 2 aromatic carbocycles. The maximum absolute atomic E-state index is 13.2. The van der Waals surface area contributed by atoms with Gasteiger partial charge in [-0.25, -0.2) is 13.2 Å². The van der Waals surface area contributed by atoms with Gasteiger partial charge in [0, 0.05) is 0 Å². The predicted octanol–water partition coefficient (Wildman–Crippen LogP) is 2.54. The van der Waals surface area contributed by atoms with Gasteiger partial charge in [-0.3, -0.25) is 9.10 Å². The number of aryl methyl sites for hydroxylation is 1. The van der Waals surface area contributed by atoms with Crippen LogP contribution >= 0.6 is 0 Å². The Labute approximate surface area is 158 Å². The molecule has 0 atom stereocenters. The van der Waals surface area contributed by atoms with Gasteiger partial charge in [0.1, 0.15) is 6.54 Å². The van der Waals surface area contributed by atoms with Crippen LogP contribution in [-0.4, -0.2) is 40.6 Å². The SMILES string of the molecule is CCOC(=O)c1ccccc1N(CC(=O)OC)S(=O)(=O)c1ccc(C)cc1. The molecular weight excluding hydrogens is 370 g/mol. The lowest BCUT2D eigenvalue weighted by Gasteiger charge is -2.25. The summed E-state index contributed by atoms with van der Waals surface area (Å²) in [5.74, 6) is -1.44. The molecule has 0 unspecified atom stereocenters. The Balaban J connectivity index is 2.61. The Hall–Kier alpha value is -2.87. The zero-order valence-electron chi connectivity index (χ0n) is 15.3. The number of sulfonamides is 1.